The van der Waals surface area contributed by atoms with Crippen LogP contribution in [0.2, 0.25) is 0 Å². The van der Waals surface area contributed by atoms with Crippen LogP contribution < -0.4 is 5.56 Å². The summed E-state index contributed by atoms with van der Waals surface area (Å²) in [5.41, 5.74) is 4.66. The molecule has 4 aromatic heterocycles. The molecule has 4 heterocycles. The Bertz CT molecular complexity index is 1070. The average molecular weight is 386 g/mol. The molecule has 0 aromatic carbocycles. The number of hydrogen-bond acceptors (Lipinski definition) is 6. The molecule has 0 fully saturated rings. The van der Waals surface area contributed by atoms with E-state index < -0.39 is 0 Å². The number of aryl methyl sites for hydroxylation is 1. The molecule has 0 spiro atoms. The average Bonchev–Trinajstić information content (AvgIpc) is 3.26. The highest BCUT2D eigenvalue weighted by atomic mass is 32.2. The smallest absolute Gasteiger partial charge is 0.258 e. The molecule has 126 valence electrons. The number of pyridine rings is 1. The number of aromatic nitrogens is 3. The molecule has 0 unspecified atom stereocenters. The lowest BCUT2D eigenvalue weighted by Gasteiger charge is -2.06. The quantitative estimate of drug-likeness (QED) is 0.503. The van der Waals surface area contributed by atoms with Gasteiger partial charge in [0, 0.05) is 39.6 Å². The van der Waals surface area contributed by atoms with E-state index in [9.17, 15) is 4.79 Å². The summed E-state index contributed by atoms with van der Waals surface area (Å²) in [5.74, 6) is 1.51. The van der Waals surface area contributed by atoms with Crippen LogP contribution in [0.1, 0.15) is 17.1 Å². The van der Waals surface area contributed by atoms with Crippen molar-refractivity contribution in [2.75, 3.05) is 0 Å². The number of thiazole rings is 1. The maximum absolute atomic E-state index is 12.3. The molecule has 0 aliphatic rings. The topological polar surface area (TPSA) is 47.3 Å². The zero-order valence-corrected chi connectivity index (χ0v) is 16.0. The number of hydrogen-bond donors (Lipinski definition) is 0. The van der Waals surface area contributed by atoms with E-state index in [-0.39, 0.29) is 5.56 Å². The Labute approximate surface area is 157 Å². The first-order chi connectivity index (χ1) is 12.2. The number of rotatable bonds is 5. The van der Waals surface area contributed by atoms with Crippen LogP contribution >= 0.6 is 34.4 Å². The minimum Gasteiger partial charge on any atom is -0.269 e. The molecule has 0 amide bonds. The van der Waals surface area contributed by atoms with Crippen molar-refractivity contribution in [1.82, 2.24) is 14.4 Å². The minimum atomic E-state index is -0.0212. The van der Waals surface area contributed by atoms with Crippen molar-refractivity contribution in [3.8, 4) is 10.6 Å². The molecule has 0 aliphatic carbocycles. The third-order valence-electron chi connectivity index (χ3n) is 3.75. The summed E-state index contributed by atoms with van der Waals surface area (Å²) in [6.07, 6.45) is 0. The van der Waals surface area contributed by atoms with E-state index in [0.717, 1.165) is 27.8 Å². The van der Waals surface area contributed by atoms with E-state index in [1.807, 2.05) is 25.1 Å². The largest absolute Gasteiger partial charge is 0.269 e. The van der Waals surface area contributed by atoms with Gasteiger partial charge in [-0.3, -0.25) is 9.20 Å². The normalized spacial score (nSPS) is 11.2. The van der Waals surface area contributed by atoms with Crippen molar-refractivity contribution in [3.63, 3.8) is 0 Å². The van der Waals surface area contributed by atoms with Crippen LogP contribution in [0.15, 0.2) is 51.3 Å². The zero-order valence-electron chi connectivity index (χ0n) is 13.5. The molecule has 0 aliphatic heterocycles. The van der Waals surface area contributed by atoms with Gasteiger partial charge in [0.15, 0.2) is 0 Å². The van der Waals surface area contributed by atoms with Crippen LogP contribution in [-0.2, 0) is 11.5 Å². The van der Waals surface area contributed by atoms with Crippen LogP contribution in [-0.4, -0.2) is 14.4 Å². The van der Waals surface area contributed by atoms with Crippen molar-refractivity contribution in [3.05, 3.63) is 73.9 Å². The first-order valence-electron chi connectivity index (χ1n) is 7.74. The maximum Gasteiger partial charge on any atom is 0.258 e. The summed E-state index contributed by atoms with van der Waals surface area (Å²) in [6, 6.07) is 9.43. The second-order valence-electron chi connectivity index (χ2n) is 5.60. The first kappa shape index (κ1) is 16.5. The predicted molar refractivity (Wildman–Crippen MR) is 107 cm³/mol. The van der Waals surface area contributed by atoms with Gasteiger partial charge in [0.2, 0.25) is 0 Å². The van der Waals surface area contributed by atoms with Gasteiger partial charge in [-0.15, -0.1) is 23.1 Å². The number of thioether (sulfide) groups is 1. The number of thiophene rings is 1. The Morgan fingerprint density at radius 2 is 2.00 bits per heavy atom. The summed E-state index contributed by atoms with van der Waals surface area (Å²) in [5, 5.41) is 7.35. The van der Waals surface area contributed by atoms with Crippen molar-refractivity contribution in [2.45, 2.75) is 18.4 Å². The van der Waals surface area contributed by atoms with E-state index in [2.05, 4.69) is 32.2 Å². The van der Waals surface area contributed by atoms with Crippen molar-refractivity contribution in [2.24, 2.45) is 0 Å². The fourth-order valence-electron chi connectivity index (χ4n) is 2.59. The van der Waals surface area contributed by atoms with Gasteiger partial charge in [-0.25, -0.2) is 9.97 Å². The molecule has 7 heteroatoms. The molecule has 4 rings (SSSR count). The van der Waals surface area contributed by atoms with Crippen LogP contribution in [0.3, 0.4) is 0 Å². The molecular formula is C18H15N3OS3. The lowest BCUT2D eigenvalue weighted by Crippen LogP contribution is -2.17. The fraction of sp³-hybridized carbons (Fsp3) is 0.167. The molecule has 25 heavy (non-hydrogen) atoms. The molecular weight excluding hydrogens is 370 g/mol. The molecule has 0 saturated carbocycles. The Hall–Kier alpha value is -1.96. The highest BCUT2D eigenvalue weighted by Crippen LogP contribution is 2.27. The highest BCUT2D eigenvalue weighted by Gasteiger charge is 2.07. The standard InChI is InChI=1S/C18H15N3OS3/c1-12-3-2-4-16-19-14(7-17(22)21(12)16)9-24-10-15-11-25-18(20-15)13-5-6-23-8-13/h2-8,11H,9-10H2,1H3. The Morgan fingerprint density at radius 1 is 1.12 bits per heavy atom. The Balaban J connectivity index is 1.45. The van der Waals surface area contributed by atoms with Crippen LogP contribution in [0.4, 0.5) is 0 Å². The number of nitrogens with zero attached hydrogens (tertiary/aromatic N) is 3. The molecule has 4 nitrogen and oxygen atoms in total. The first-order valence-corrected chi connectivity index (χ1v) is 10.7. The van der Waals surface area contributed by atoms with Gasteiger partial charge >= 0.3 is 0 Å². The van der Waals surface area contributed by atoms with Gasteiger partial charge in [-0.05, 0) is 30.5 Å². The predicted octanol–water partition coefficient (Wildman–Crippen LogP) is 4.62. The van der Waals surface area contributed by atoms with Gasteiger partial charge < -0.3 is 0 Å². The summed E-state index contributed by atoms with van der Waals surface area (Å²) in [4.78, 5) is 21.6. The summed E-state index contributed by atoms with van der Waals surface area (Å²) in [6.45, 7) is 1.91. The van der Waals surface area contributed by atoms with Gasteiger partial charge in [0.05, 0.1) is 11.4 Å². The maximum atomic E-state index is 12.3. The molecule has 0 saturated heterocycles. The monoisotopic (exact) mass is 385 g/mol. The third kappa shape index (κ3) is 3.53. The molecule has 4 aromatic rings. The summed E-state index contributed by atoms with van der Waals surface area (Å²) in [7, 11) is 0. The molecule has 0 atom stereocenters. The lowest BCUT2D eigenvalue weighted by molar-refractivity contribution is 0.968. The molecule has 0 bridgehead atoms. The van der Waals surface area contributed by atoms with Gasteiger partial charge in [0.1, 0.15) is 10.7 Å². The van der Waals surface area contributed by atoms with E-state index in [0.29, 0.717) is 11.4 Å². The Morgan fingerprint density at radius 3 is 2.84 bits per heavy atom. The lowest BCUT2D eigenvalue weighted by atomic mass is 10.3. The van der Waals surface area contributed by atoms with Crippen molar-refractivity contribution in [1.29, 1.82) is 0 Å². The highest BCUT2D eigenvalue weighted by molar-refractivity contribution is 7.97. The second kappa shape index (κ2) is 7.11. The van der Waals surface area contributed by atoms with Gasteiger partial charge in [-0.2, -0.15) is 11.3 Å². The summed E-state index contributed by atoms with van der Waals surface area (Å²) < 4.78 is 1.64. The fourth-order valence-corrected chi connectivity index (χ4v) is 5.04. The minimum absolute atomic E-state index is 0.0212. The van der Waals surface area contributed by atoms with E-state index in [1.54, 1.807) is 44.9 Å². The van der Waals surface area contributed by atoms with E-state index in [4.69, 9.17) is 0 Å². The molecule has 0 radical (unpaired) electrons. The molecule has 0 N–H and O–H groups in total. The van der Waals surface area contributed by atoms with E-state index in [1.165, 1.54) is 5.56 Å². The summed E-state index contributed by atoms with van der Waals surface area (Å²) >= 11 is 5.08. The third-order valence-corrected chi connectivity index (χ3v) is 6.38. The SMILES string of the molecule is Cc1cccc2nc(CSCc3csc(-c4ccsc4)n3)cc(=O)n12. The van der Waals surface area contributed by atoms with Crippen LogP contribution in [0, 0.1) is 6.92 Å². The van der Waals surface area contributed by atoms with Crippen LogP contribution in [0.5, 0.6) is 0 Å². The van der Waals surface area contributed by atoms with Gasteiger partial charge in [0.25, 0.3) is 5.56 Å². The van der Waals surface area contributed by atoms with E-state index >= 15 is 0 Å². The van der Waals surface area contributed by atoms with Crippen molar-refractivity contribution >= 4 is 40.1 Å². The van der Waals surface area contributed by atoms with Crippen LogP contribution in [0.25, 0.3) is 16.2 Å². The number of fused-ring (bicyclic) bond motifs is 1. The second-order valence-corrected chi connectivity index (χ2v) is 8.22. The Kier molecular flexibility index (Phi) is 4.70. The van der Waals surface area contributed by atoms with Crippen molar-refractivity contribution < 1.29 is 0 Å². The zero-order chi connectivity index (χ0) is 17.2. The van der Waals surface area contributed by atoms with Gasteiger partial charge in [-0.1, -0.05) is 6.07 Å².